The van der Waals surface area contributed by atoms with Crippen molar-refractivity contribution in [1.82, 2.24) is 34.3 Å². The van der Waals surface area contributed by atoms with Gasteiger partial charge in [0, 0.05) is 13.1 Å². The average molecular weight is 717 g/mol. The number of hydrogen-bond donors (Lipinski definition) is 2. The predicted molar refractivity (Wildman–Crippen MR) is 180 cm³/mol. The fourth-order valence-corrected chi connectivity index (χ4v) is 7.66. The van der Waals surface area contributed by atoms with Gasteiger partial charge in [0.05, 0.1) is 0 Å². The summed E-state index contributed by atoms with van der Waals surface area (Å²) in [5.74, 6) is 1.25. The summed E-state index contributed by atoms with van der Waals surface area (Å²) < 4.78 is 46.2. The van der Waals surface area contributed by atoms with Gasteiger partial charge < -0.3 is 4.90 Å². The molecule has 0 unspecified atom stereocenters. The Labute approximate surface area is 283 Å². The van der Waals surface area contributed by atoms with Crippen LogP contribution in [-0.2, 0) is 12.7 Å². The van der Waals surface area contributed by atoms with Crippen molar-refractivity contribution in [3.8, 4) is 5.82 Å². The Hall–Kier alpha value is -4.58. The summed E-state index contributed by atoms with van der Waals surface area (Å²) >= 11 is -0.662. The van der Waals surface area contributed by atoms with Crippen molar-refractivity contribution in [3.63, 3.8) is 0 Å². The summed E-state index contributed by atoms with van der Waals surface area (Å²) in [6.07, 6.45) is 2.09. The monoisotopic (exact) mass is 716 g/mol. The fraction of sp³-hybridized carbons (Fsp3) is 0.265. The predicted octanol–water partition coefficient (Wildman–Crippen LogP) is 4.17. The summed E-state index contributed by atoms with van der Waals surface area (Å²) in [4.78, 5) is 35.1. The standard InChI is InChI=1S/C34H34AsF3N9O/c1-3-45-14-16-46(17-15-45)21-25-9-8-24(18-27(25)34(36,37)38)32(48)43-26-10-7-23(2)28(19-26)35-33-40-12-13-47(33)31-20-30(41-22-42-31)44-29-6-4-5-11-39-29/h4-13,18-20,22H,3,14-17,21H2,1-2H3,(H,43,48)(H,39,41,42,44). The number of alkyl halides is 3. The SMILES string of the molecule is CCN1CCN(Cc2ccc(C(=O)Nc3ccc(C)c([As]c4nccn4-c4cc(Nc5ccccn5)ncn4)c3)cc2C(F)(F)F)CC1. The first-order chi connectivity index (χ1) is 23.2. The third kappa shape index (κ3) is 8.10. The van der Waals surface area contributed by atoms with Crippen LogP contribution in [0.15, 0.2) is 85.6 Å². The molecule has 48 heavy (non-hydrogen) atoms. The van der Waals surface area contributed by atoms with E-state index in [1.807, 2.05) is 52.9 Å². The van der Waals surface area contributed by atoms with Crippen molar-refractivity contribution in [2.45, 2.75) is 26.6 Å². The van der Waals surface area contributed by atoms with E-state index < -0.39 is 33.4 Å². The van der Waals surface area contributed by atoms with Gasteiger partial charge >= 0.3 is 252 Å². The molecule has 1 aliphatic rings. The van der Waals surface area contributed by atoms with E-state index >= 15 is 0 Å². The fourth-order valence-electron chi connectivity index (χ4n) is 5.41. The van der Waals surface area contributed by atoms with Crippen molar-refractivity contribution in [3.05, 3.63) is 108 Å². The molecule has 247 valence electrons. The van der Waals surface area contributed by atoms with E-state index in [0.717, 1.165) is 40.2 Å². The van der Waals surface area contributed by atoms with E-state index in [9.17, 15) is 18.0 Å². The molecule has 1 saturated heterocycles. The number of halogens is 3. The Balaban J connectivity index is 1.17. The van der Waals surface area contributed by atoms with Crippen LogP contribution in [0.4, 0.5) is 30.5 Å². The number of amides is 1. The van der Waals surface area contributed by atoms with Crippen LogP contribution in [0.25, 0.3) is 5.82 Å². The Kier molecular flexibility index (Phi) is 10.2. The second-order valence-corrected chi connectivity index (χ2v) is 13.7. The van der Waals surface area contributed by atoms with Gasteiger partial charge in [0.1, 0.15) is 0 Å². The number of pyridine rings is 1. The van der Waals surface area contributed by atoms with E-state index in [1.54, 1.807) is 24.5 Å². The van der Waals surface area contributed by atoms with Crippen molar-refractivity contribution in [2.24, 2.45) is 0 Å². The van der Waals surface area contributed by atoms with Crippen LogP contribution in [0.2, 0.25) is 0 Å². The van der Waals surface area contributed by atoms with Gasteiger partial charge in [-0.05, 0) is 6.54 Å². The maximum absolute atomic E-state index is 14.2. The Bertz CT molecular complexity index is 1880. The summed E-state index contributed by atoms with van der Waals surface area (Å²) in [5.41, 5.74) is 0.837. The number of aryl methyl sites for hydroxylation is 1. The number of piperazine rings is 1. The number of carbonyl (C=O) groups excluding carboxylic acids is 1. The molecule has 4 heterocycles. The first-order valence-corrected chi connectivity index (χ1v) is 17.4. The summed E-state index contributed by atoms with van der Waals surface area (Å²) in [6.45, 7) is 8.22. The number of likely N-dealkylation sites (N-methyl/N-ethyl adjacent to an activating group) is 1. The van der Waals surface area contributed by atoms with Crippen LogP contribution < -0.4 is 19.6 Å². The Morgan fingerprint density at radius 1 is 0.896 bits per heavy atom. The molecule has 0 atom stereocenters. The molecule has 3 aromatic heterocycles. The third-order valence-corrected chi connectivity index (χ3v) is 10.7. The first kappa shape index (κ1) is 33.3. The van der Waals surface area contributed by atoms with Crippen LogP contribution >= 0.6 is 0 Å². The van der Waals surface area contributed by atoms with E-state index in [0.29, 0.717) is 36.2 Å². The average Bonchev–Trinajstić information content (AvgIpc) is 3.55. The second-order valence-electron chi connectivity index (χ2n) is 11.3. The van der Waals surface area contributed by atoms with Crippen molar-refractivity contribution >= 4 is 47.9 Å². The van der Waals surface area contributed by atoms with E-state index in [-0.39, 0.29) is 17.7 Å². The molecular weight excluding hydrogens is 682 g/mol. The molecule has 2 aromatic carbocycles. The van der Waals surface area contributed by atoms with Crippen molar-refractivity contribution in [2.75, 3.05) is 43.4 Å². The number of nitrogens with one attached hydrogen (secondary N) is 2. The molecule has 0 aliphatic carbocycles. The summed E-state index contributed by atoms with van der Waals surface area (Å²) in [5, 5.41) is 5.97. The zero-order valence-electron chi connectivity index (χ0n) is 26.4. The molecule has 0 bridgehead atoms. The maximum atomic E-state index is 14.2. The molecule has 1 aliphatic heterocycles. The zero-order valence-corrected chi connectivity index (χ0v) is 28.3. The van der Waals surface area contributed by atoms with Crippen molar-refractivity contribution in [1.29, 1.82) is 0 Å². The zero-order chi connectivity index (χ0) is 33.7. The van der Waals surface area contributed by atoms with Gasteiger partial charge in [0.25, 0.3) is 0 Å². The van der Waals surface area contributed by atoms with E-state index in [1.165, 1.54) is 18.5 Å². The molecule has 2 N–H and O–H groups in total. The van der Waals surface area contributed by atoms with E-state index in [2.05, 4.69) is 42.4 Å². The van der Waals surface area contributed by atoms with Gasteiger partial charge in [-0.3, -0.25) is 0 Å². The van der Waals surface area contributed by atoms with Crippen LogP contribution in [0, 0.1) is 6.92 Å². The molecule has 10 nitrogen and oxygen atoms in total. The number of imidazole rings is 1. The molecule has 1 fully saturated rings. The normalized spacial score (nSPS) is 14.4. The number of anilines is 3. The second kappa shape index (κ2) is 14.7. The molecule has 5 aromatic rings. The minimum absolute atomic E-state index is 0.0494. The van der Waals surface area contributed by atoms with Gasteiger partial charge in [0.15, 0.2) is 0 Å². The minimum atomic E-state index is -4.58. The third-order valence-electron chi connectivity index (χ3n) is 8.11. The number of nitrogens with zero attached hydrogens (tertiary/aromatic N) is 7. The number of aromatic nitrogens is 5. The van der Waals surface area contributed by atoms with Gasteiger partial charge in [-0.1, -0.05) is 6.92 Å². The molecule has 0 saturated carbocycles. The quantitative estimate of drug-likeness (QED) is 0.208. The molecule has 1 radical (unpaired) electrons. The molecule has 6 rings (SSSR count). The van der Waals surface area contributed by atoms with Crippen LogP contribution in [-0.4, -0.2) is 88.7 Å². The van der Waals surface area contributed by atoms with Crippen LogP contribution in [0.3, 0.4) is 0 Å². The number of rotatable bonds is 10. The van der Waals surface area contributed by atoms with Gasteiger partial charge in [-0.15, -0.1) is 0 Å². The summed E-state index contributed by atoms with van der Waals surface area (Å²) in [7, 11) is 0. The van der Waals surface area contributed by atoms with Gasteiger partial charge in [-0.25, -0.2) is 0 Å². The molecular formula is C34H34AsF3N9O. The molecule has 14 heteroatoms. The van der Waals surface area contributed by atoms with E-state index in [4.69, 9.17) is 0 Å². The topological polar surface area (TPSA) is 104 Å². The smallest absolute Gasteiger partial charge is 0.0110 e. The van der Waals surface area contributed by atoms with Gasteiger partial charge in [-0.2, -0.15) is 0 Å². The number of carbonyl (C=O) groups is 1. The molecule has 1 amide bonds. The number of hydrogen-bond acceptors (Lipinski definition) is 8. The Morgan fingerprint density at radius 2 is 1.71 bits per heavy atom. The van der Waals surface area contributed by atoms with Crippen LogP contribution in [0.5, 0.6) is 0 Å². The number of benzene rings is 2. The molecule has 0 spiro atoms. The summed E-state index contributed by atoms with van der Waals surface area (Å²) in [6, 6.07) is 16.7. The first-order valence-electron chi connectivity index (χ1n) is 15.5. The minimum Gasteiger partial charge on any atom is 0.0110 e. The van der Waals surface area contributed by atoms with Crippen molar-refractivity contribution < 1.29 is 18.0 Å². The Morgan fingerprint density at radius 3 is 2.46 bits per heavy atom. The van der Waals surface area contributed by atoms with Gasteiger partial charge in [0.2, 0.25) is 0 Å². The van der Waals surface area contributed by atoms with Crippen LogP contribution in [0.1, 0.15) is 34.0 Å².